The molecule has 0 fully saturated rings. The van der Waals surface area contributed by atoms with E-state index < -0.39 is 0 Å². The Morgan fingerprint density at radius 3 is 2.25 bits per heavy atom. The van der Waals surface area contributed by atoms with Gasteiger partial charge in [-0.1, -0.05) is 12.1 Å². The van der Waals surface area contributed by atoms with Crippen LogP contribution >= 0.6 is 0 Å². The summed E-state index contributed by atoms with van der Waals surface area (Å²) in [6, 6.07) is 8.31. The SMILES string of the molecule is CNNCc1ccc(NC)cc1. The van der Waals surface area contributed by atoms with Gasteiger partial charge in [-0.15, -0.1) is 0 Å². The Bertz CT molecular complexity index is 218. The highest BCUT2D eigenvalue weighted by atomic mass is 15.3. The van der Waals surface area contributed by atoms with Crippen LogP contribution in [-0.2, 0) is 6.54 Å². The van der Waals surface area contributed by atoms with Gasteiger partial charge in [0.2, 0.25) is 0 Å². The summed E-state index contributed by atoms with van der Waals surface area (Å²) >= 11 is 0. The lowest BCUT2D eigenvalue weighted by Crippen LogP contribution is -2.26. The second kappa shape index (κ2) is 4.74. The van der Waals surface area contributed by atoms with Crippen LogP contribution in [0.4, 0.5) is 5.69 Å². The van der Waals surface area contributed by atoms with E-state index in [0.29, 0.717) is 0 Å². The van der Waals surface area contributed by atoms with Gasteiger partial charge >= 0.3 is 0 Å². The van der Waals surface area contributed by atoms with E-state index >= 15 is 0 Å². The smallest absolute Gasteiger partial charge is 0.0351 e. The fraction of sp³-hybridized carbons (Fsp3) is 0.333. The summed E-state index contributed by atoms with van der Waals surface area (Å²) in [5, 5.41) is 3.07. The molecule has 0 aliphatic rings. The molecule has 0 saturated carbocycles. The van der Waals surface area contributed by atoms with E-state index in [1.54, 1.807) is 0 Å². The zero-order valence-corrected chi connectivity index (χ0v) is 7.52. The minimum Gasteiger partial charge on any atom is -0.388 e. The lowest BCUT2D eigenvalue weighted by atomic mass is 10.2. The summed E-state index contributed by atoms with van der Waals surface area (Å²) in [4.78, 5) is 0. The topological polar surface area (TPSA) is 36.1 Å². The van der Waals surface area contributed by atoms with Crippen LogP contribution in [0.15, 0.2) is 24.3 Å². The third kappa shape index (κ3) is 2.53. The van der Waals surface area contributed by atoms with Gasteiger partial charge in [0.05, 0.1) is 0 Å². The number of hydrazine groups is 1. The van der Waals surface area contributed by atoms with Crippen LogP contribution in [0.2, 0.25) is 0 Å². The summed E-state index contributed by atoms with van der Waals surface area (Å²) in [6.45, 7) is 0.848. The maximum atomic E-state index is 3.07. The predicted molar refractivity (Wildman–Crippen MR) is 51.9 cm³/mol. The third-order valence-electron chi connectivity index (χ3n) is 1.71. The fourth-order valence-electron chi connectivity index (χ4n) is 0.980. The molecule has 0 aromatic heterocycles. The standard InChI is InChI=1S/C9H15N3/c1-10-9-5-3-8(4-6-9)7-12-11-2/h3-6,10-12H,7H2,1-2H3. The van der Waals surface area contributed by atoms with Crippen molar-refractivity contribution in [3.63, 3.8) is 0 Å². The van der Waals surface area contributed by atoms with E-state index in [1.807, 2.05) is 14.1 Å². The van der Waals surface area contributed by atoms with E-state index in [-0.39, 0.29) is 0 Å². The number of anilines is 1. The molecule has 0 saturated heterocycles. The largest absolute Gasteiger partial charge is 0.388 e. The number of nitrogens with one attached hydrogen (secondary N) is 3. The molecule has 0 spiro atoms. The summed E-state index contributed by atoms with van der Waals surface area (Å²) in [6.07, 6.45) is 0. The molecule has 1 aromatic rings. The fourth-order valence-corrected chi connectivity index (χ4v) is 0.980. The highest BCUT2D eigenvalue weighted by Crippen LogP contribution is 2.07. The first-order valence-electron chi connectivity index (χ1n) is 4.03. The van der Waals surface area contributed by atoms with Crippen molar-refractivity contribution in [2.24, 2.45) is 0 Å². The average Bonchev–Trinajstić information content (AvgIpc) is 2.15. The second-order valence-corrected chi connectivity index (χ2v) is 2.55. The zero-order chi connectivity index (χ0) is 8.81. The average molecular weight is 165 g/mol. The molecule has 0 aliphatic carbocycles. The third-order valence-corrected chi connectivity index (χ3v) is 1.71. The molecule has 0 atom stereocenters. The van der Waals surface area contributed by atoms with Crippen molar-refractivity contribution in [1.82, 2.24) is 10.9 Å². The van der Waals surface area contributed by atoms with Gasteiger partial charge in [-0.25, -0.2) is 0 Å². The Kier molecular flexibility index (Phi) is 3.57. The predicted octanol–water partition coefficient (Wildman–Crippen LogP) is 0.952. The molecule has 0 bridgehead atoms. The highest BCUT2D eigenvalue weighted by molar-refractivity contribution is 5.43. The van der Waals surface area contributed by atoms with Crippen LogP contribution in [0, 0.1) is 0 Å². The molecule has 3 heteroatoms. The van der Waals surface area contributed by atoms with Gasteiger partial charge in [0, 0.05) is 19.3 Å². The molecule has 0 aliphatic heterocycles. The molecule has 0 radical (unpaired) electrons. The molecule has 12 heavy (non-hydrogen) atoms. The maximum absolute atomic E-state index is 3.07. The Hall–Kier alpha value is -1.06. The summed E-state index contributed by atoms with van der Waals surface area (Å²) in [5.74, 6) is 0. The van der Waals surface area contributed by atoms with Gasteiger partial charge in [0.1, 0.15) is 0 Å². The summed E-state index contributed by atoms with van der Waals surface area (Å²) < 4.78 is 0. The molecular formula is C9H15N3. The van der Waals surface area contributed by atoms with Crippen molar-refractivity contribution in [1.29, 1.82) is 0 Å². The van der Waals surface area contributed by atoms with Gasteiger partial charge in [-0.05, 0) is 24.7 Å². The lowest BCUT2D eigenvalue weighted by Gasteiger charge is -2.04. The molecular weight excluding hydrogens is 150 g/mol. The van der Waals surface area contributed by atoms with Crippen molar-refractivity contribution >= 4 is 5.69 Å². The van der Waals surface area contributed by atoms with Crippen LogP contribution in [0.25, 0.3) is 0 Å². The van der Waals surface area contributed by atoms with Crippen LogP contribution in [-0.4, -0.2) is 14.1 Å². The van der Waals surface area contributed by atoms with Crippen molar-refractivity contribution in [2.45, 2.75) is 6.54 Å². The van der Waals surface area contributed by atoms with Crippen LogP contribution in [0.5, 0.6) is 0 Å². The minimum absolute atomic E-state index is 0.848. The second-order valence-electron chi connectivity index (χ2n) is 2.55. The quantitative estimate of drug-likeness (QED) is 0.581. The summed E-state index contributed by atoms with van der Waals surface area (Å²) in [5.41, 5.74) is 8.32. The first-order chi connectivity index (χ1) is 5.86. The molecule has 1 aromatic carbocycles. The van der Waals surface area contributed by atoms with Crippen molar-refractivity contribution in [3.8, 4) is 0 Å². The van der Waals surface area contributed by atoms with E-state index in [9.17, 15) is 0 Å². The molecule has 3 nitrogen and oxygen atoms in total. The van der Waals surface area contributed by atoms with E-state index in [0.717, 1.165) is 12.2 Å². The van der Waals surface area contributed by atoms with Gasteiger partial charge in [-0.3, -0.25) is 10.9 Å². The van der Waals surface area contributed by atoms with E-state index in [1.165, 1.54) is 5.56 Å². The molecule has 0 heterocycles. The van der Waals surface area contributed by atoms with Crippen LogP contribution in [0.3, 0.4) is 0 Å². The van der Waals surface area contributed by atoms with E-state index in [2.05, 4.69) is 40.4 Å². The lowest BCUT2D eigenvalue weighted by molar-refractivity contribution is 0.596. The number of hydrogen-bond donors (Lipinski definition) is 3. The Morgan fingerprint density at radius 1 is 1.08 bits per heavy atom. The van der Waals surface area contributed by atoms with Crippen molar-refractivity contribution in [3.05, 3.63) is 29.8 Å². The monoisotopic (exact) mass is 165 g/mol. The van der Waals surface area contributed by atoms with Crippen molar-refractivity contribution in [2.75, 3.05) is 19.4 Å². The molecule has 66 valence electrons. The first kappa shape index (κ1) is 9.03. The van der Waals surface area contributed by atoms with Gasteiger partial charge in [0.25, 0.3) is 0 Å². The maximum Gasteiger partial charge on any atom is 0.0351 e. The van der Waals surface area contributed by atoms with Gasteiger partial charge in [-0.2, -0.15) is 0 Å². The van der Waals surface area contributed by atoms with Crippen LogP contribution < -0.4 is 16.2 Å². The van der Waals surface area contributed by atoms with Gasteiger partial charge < -0.3 is 5.32 Å². The minimum atomic E-state index is 0.848. The normalized spacial score (nSPS) is 9.83. The van der Waals surface area contributed by atoms with E-state index in [4.69, 9.17) is 0 Å². The molecule has 1 rings (SSSR count). The number of rotatable bonds is 4. The molecule has 0 amide bonds. The number of hydrogen-bond acceptors (Lipinski definition) is 3. The Balaban J connectivity index is 2.53. The molecule has 0 unspecified atom stereocenters. The Labute approximate surface area is 73.1 Å². The number of benzene rings is 1. The first-order valence-corrected chi connectivity index (χ1v) is 4.03. The Morgan fingerprint density at radius 2 is 1.75 bits per heavy atom. The van der Waals surface area contributed by atoms with Crippen molar-refractivity contribution < 1.29 is 0 Å². The highest BCUT2D eigenvalue weighted by Gasteiger charge is 1.90. The zero-order valence-electron chi connectivity index (χ0n) is 7.52. The van der Waals surface area contributed by atoms with Gasteiger partial charge in [0.15, 0.2) is 0 Å². The summed E-state index contributed by atoms with van der Waals surface area (Å²) in [7, 11) is 3.78. The molecule has 3 N–H and O–H groups in total. The van der Waals surface area contributed by atoms with Crippen LogP contribution in [0.1, 0.15) is 5.56 Å².